The monoisotopic (exact) mass is 666 g/mol. The topological polar surface area (TPSA) is 89.9 Å². The summed E-state index contributed by atoms with van der Waals surface area (Å²) in [6.07, 6.45) is 0. The lowest BCUT2D eigenvalue weighted by atomic mass is 9.95. The second-order valence-electron chi connectivity index (χ2n) is 12.7. The first-order valence-corrected chi connectivity index (χ1v) is 16.8. The summed E-state index contributed by atoms with van der Waals surface area (Å²) in [5.74, 6) is -0.792. The number of anilines is 1. The van der Waals surface area contributed by atoms with E-state index in [0.29, 0.717) is 33.6 Å². The first kappa shape index (κ1) is 30.5. The first-order valence-electron chi connectivity index (χ1n) is 16.8. The van der Waals surface area contributed by atoms with Gasteiger partial charge in [0, 0.05) is 21.9 Å². The Morgan fingerprint density at radius 1 is 0.442 bits per heavy atom. The Hall–Kier alpha value is -7.54. The van der Waals surface area contributed by atoms with Crippen LogP contribution in [0, 0.1) is 22.7 Å². The number of carbonyl (C=O) groups is 2. The number of amides is 2. The Morgan fingerprint density at radius 2 is 1.02 bits per heavy atom. The zero-order valence-corrected chi connectivity index (χ0v) is 27.6. The molecule has 52 heavy (non-hydrogen) atoms. The third kappa shape index (κ3) is 4.71. The molecule has 9 rings (SSSR count). The summed E-state index contributed by atoms with van der Waals surface area (Å²) in [6.45, 7) is 0. The molecule has 242 valence electrons. The predicted octanol–water partition coefficient (Wildman–Crippen LogP) is 10.3. The van der Waals surface area contributed by atoms with Crippen LogP contribution in [0.15, 0.2) is 158 Å². The van der Waals surface area contributed by atoms with Crippen LogP contribution in [0.1, 0.15) is 31.8 Å². The van der Waals surface area contributed by atoms with E-state index in [1.807, 2.05) is 138 Å². The van der Waals surface area contributed by atoms with E-state index >= 15 is 4.79 Å². The maximum Gasteiger partial charge on any atom is 0.268 e. The van der Waals surface area contributed by atoms with Crippen LogP contribution < -0.4 is 4.90 Å². The number of carbonyl (C=O) groups excluding carboxylic acids is 2. The van der Waals surface area contributed by atoms with Gasteiger partial charge in [-0.3, -0.25) is 9.59 Å². The highest BCUT2D eigenvalue weighted by atomic mass is 16.2. The van der Waals surface area contributed by atoms with E-state index in [0.717, 1.165) is 55.2 Å². The fourth-order valence-corrected chi connectivity index (χ4v) is 7.48. The maximum atomic E-state index is 15.0. The van der Waals surface area contributed by atoms with E-state index < -0.39 is 5.91 Å². The van der Waals surface area contributed by atoms with Crippen molar-refractivity contribution in [2.75, 3.05) is 4.90 Å². The van der Waals surface area contributed by atoms with E-state index in [9.17, 15) is 15.3 Å². The van der Waals surface area contributed by atoms with Gasteiger partial charge in [-0.05, 0) is 64.7 Å². The summed E-state index contributed by atoms with van der Waals surface area (Å²) in [5.41, 5.74) is 9.12. The van der Waals surface area contributed by atoms with E-state index in [2.05, 4.69) is 12.1 Å². The average molecular weight is 667 g/mol. The Labute approximate surface area is 299 Å². The van der Waals surface area contributed by atoms with Crippen molar-refractivity contribution >= 4 is 39.3 Å². The quantitative estimate of drug-likeness (QED) is 0.171. The van der Waals surface area contributed by atoms with Crippen molar-refractivity contribution in [3.05, 3.63) is 180 Å². The van der Waals surface area contributed by atoms with Crippen molar-refractivity contribution in [2.24, 2.45) is 0 Å². The van der Waals surface area contributed by atoms with Crippen LogP contribution in [0.2, 0.25) is 0 Å². The number of rotatable bonds is 5. The number of nitriles is 2. The van der Waals surface area contributed by atoms with Gasteiger partial charge in [-0.25, -0.2) is 4.90 Å². The van der Waals surface area contributed by atoms with E-state index in [-0.39, 0.29) is 5.91 Å². The minimum atomic E-state index is -0.404. The third-order valence-electron chi connectivity index (χ3n) is 9.76. The molecule has 6 nitrogen and oxygen atoms in total. The Bertz CT molecular complexity index is 2770. The molecule has 0 radical (unpaired) electrons. The van der Waals surface area contributed by atoms with Gasteiger partial charge in [-0.2, -0.15) is 10.5 Å². The zero-order valence-electron chi connectivity index (χ0n) is 27.6. The van der Waals surface area contributed by atoms with Crippen molar-refractivity contribution < 1.29 is 9.59 Å². The van der Waals surface area contributed by atoms with Gasteiger partial charge in [0.25, 0.3) is 11.8 Å². The summed E-state index contributed by atoms with van der Waals surface area (Å²) >= 11 is 0. The maximum absolute atomic E-state index is 15.0. The number of para-hydroxylation sites is 2. The van der Waals surface area contributed by atoms with Gasteiger partial charge in [0.2, 0.25) is 0 Å². The molecule has 0 unspecified atom stereocenters. The molecule has 1 aromatic heterocycles. The highest BCUT2D eigenvalue weighted by Crippen LogP contribution is 2.45. The molecule has 7 aromatic carbocycles. The minimum Gasteiger partial charge on any atom is -0.308 e. The minimum absolute atomic E-state index is 0.320. The van der Waals surface area contributed by atoms with Gasteiger partial charge < -0.3 is 4.57 Å². The van der Waals surface area contributed by atoms with Gasteiger partial charge in [0.05, 0.1) is 56.8 Å². The number of hydrogen-bond donors (Lipinski definition) is 0. The fourth-order valence-electron chi connectivity index (χ4n) is 7.48. The number of imide groups is 1. The predicted molar refractivity (Wildman–Crippen MR) is 204 cm³/mol. The smallest absolute Gasteiger partial charge is 0.268 e. The highest BCUT2D eigenvalue weighted by molar-refractivity contribution is 6.37. The molecule has 0 N–H and O–H groups in total. The van der Waals surface area contributed by atoms with Crippen molar-refractivity contribution in [3.63, 3.8) is 0 Å². The van der Waals surface area contributed by atoms with Crippen LogP contribution in [0.3, 0.4) is 0 Å². The SMILES string of the molecule is N#Cc1cc(C#N)cc(-c2ccc3c4ccccc4n(-c4cccc5c4C(=O)N(c4c(-c6ccccc6)cccc4-c4ccccc4)C5=O)c3c2)c1. The molecule has 2 heterocycles. The third-order valence-corrected chi connectivity index (χ3v) is 9.76. The molecule has 0 saturated heterocycles. The Morgan fingerprint density at radius 3 is 1.67 bits per heavy atom. The Kier molecular flexibility index (Phi) is 7.10. The molecule has 2 amide bonds. The van der Waals surface area contributed by atoms with Crippen LogP contribution in [0.4, 0.5) is 5.69 Å². The Balaban J connectivity index is 1.28. The summed E-state index contributed by atoms with van der Waals surface area (Å²) in [6, 6.07) is 54.4. The number of benzene rings is 7. The molecule has 0 atom stereocenters. The van der Waals surface area contributed by atoms with Crippen molar-refractivity contribution in [3.8, 4) is 51.2 Å². The van der Waals surface area contributed by atoms with Crippen LogP contribution in [-0.4, -0.2) is 16.4 Å². The van der Waals surface area contributed by atoms with E-state index in [4.69, 9.17) is 0 Å². The summed E-state index contributed by atoms with van der Waals surface area (Å²) in [7, 11) is 0. The molecule has 0 aliphatic carbocycles. The van der Waals surface area contributed by atoms with Crippen LogP contribution in [0.5, 0.6) is 0 Å². The van der Waals surface area contributed by atoms with Crippen LogP contribution in [0.25, 0.3) is 60.9 Å². The molecule has 0 bridgehead atoms. The second kappa shape index (κ2) is 12.1. The average Bonchev–Trinajstić information content (AvgIpc) is 3.67. The van der Waals surface area contributed by atoms with Crippen molar-refractivity contribution in [2.45, 2.75) is 0 Å². The molecule has 0 spiro atoms. The van der Waals surface area contributed by atoms with Crippen molar-refractivity contribution in [1.82, 2.24) is 4.57 Å². The molecule has 6 heteroatoms. The normalized spacial score (nSPS) is 12.2. The lowest BCUT2D eigenvalue weighted by Gasteiger charge is -2.23. The molecular weight excluding hydrogens is 641 g/mol. The molecular formula is C46H26N4O2. The largest absolute Gasteiger partial charge is 0.308 e. The van der Waals surface area contributed by atoms with Gasteiger partial charge in [-0.1, -0.05) is 115 Å². The number of aromatic nitrogens is 1. The standard InChI is InChI=1S/C46H26N4O2/c47-27-29-23-30(28-48)25-34(24-29)33-21-22-38-37-15-7-8-19-40(37)49(42(38)26-33)41-20-10-18-39-43(41)46(52)50(45(39)51)44-35(31-11-3-1-4-12-31)16-9-17-36(44)32-13-5-2-6-14-32/h1-26H. The van der Waals surface area contributed by atoms with Crippen LogP contribution in [-0.2, 0) is 0 Å². The number of fused-ring (bicyclic) bond motifs is 4. The number of nitrogens with zero attached hydrogens (tertiary/aromatic N) is 4. The molecule has 8 aromatic rings. The van der Waals surface area contributed by atoms with Gasteiger partial charge in [-0.15, -0.1) is 0 Å². The summed E-state index contributed by atoms with van der Waals surface area (Å²) in [5, 5.41) is 21.3. The molecule has 1 aliphatic heterocycles. The van der Waals surface area contributed by atoms with Crippen molar-refractivity contribution in [1.29, 1.82) is 10.5 Å². The second-order valence-corrected chi connectivity index (χ2v) is 12.7. The van der Waals surface area contributed by atoms with Crippen LogP contribution >= 0.6 is 0 Å². The van der Waals surface area contributed by atoms with Gasteiger partial charge >= 0.3 is 0 Å². The van der Waals surface area contributed by atoms with Gasteiger partial charge in [0.15, 0.2) is 0 Å². The lowest BCUT2D eigenvalue weighted by molar-refractivity contribution is 0.0926. The molecule has 1 aliphatic rings. The fraction of sp³-hybridized carbons (Fsp3) is 0. The van der Waals surface area contributed by atoms with E-state index in [1.165, 1.54) is 4.90 Å². The summed E-state index contributed by atoms with van der Waals surface area (Å²) in [4.78, 5) is 31.0. The highest BCUT2D eigenvalue weighted by Gasteiger charge is 2.41. The molecule has 0 fully saturated rings. The first-order chi connectivity index (χ1) is 25.6. The summed E-state index contributed by atoms with van der Waals surface area (Å²) < 4.78 is 2.04. The number of hydrogen-bond acceptors (Lipinski definition) is 4. The van der Waals surface area contributed by atoms with Gasteiger partial charge in [0.1, 0.15) is 0 Å². The van der Waals surface area contributed by atoms with E-state index in [1.54, 1.807) is 24.3 Å². The zero-order chi connectivity index (χ0) is 35.3. The molecule has 0 saturated carbocycles. The lowest BCUT2D eigenvalue weighted by Crippen LogP contribution is -2.30.